The molecule has 0 heterocycles. The van der Waals surface area contributed by atoms with Gasteiger partial charge in [0.2, 0.25) is 0 Å². The van der Waals surface area contributed by atoms with E-state index in [2.05, 4.69) is 16.6 Å². The van der Waals surface area contributed by atoms with Crippen molar-refractivity contribution in [2.24, 2.45) is 0 Å². The van der Waals surface area contributed by atoms with Gasteiger partial charge in [-0.25, -0.2) is 9.18 Å². The fourth-order valence-corrected chi connectivity index (χ4v) is 2.20. The first-order chi connectivity index (χ1) is 14.4. The monoisotopic (exact) mass is 414 g/mol. The van der Waals surface area contributed by atoms with Crippen molar-refractivity contribution in [2.75, 3.05) is 32.2 Å². The number of hydrogen-bond donors (Lipinski definition) is 2. The van der Waals surface area contributed by atoms with Crippen LogP contribution >= 0.6 is 0 Å². The minimum Gasteiger partial charge on any atom is -0.493 e. The molecule has 30 heavy (non-hydrogen) atoms. The molecular formula is C21H19FN2O6. The van der Waals surface area contributed by atoms with E-state index in [1.807, 2.05) is 0 Å². The SMILES string of the molecule is C#CCNC(=O)COC(=O)c1ccc(OCC(=O)Nc2ccc(F)cc2)c(OC)c1. The van der Waals surface area contributed by atoms with E-state index in [9.17, 15) is 18.8 Å². The molecule has 0 unspecified atom stereocenters. The van der Waals surface area contributed by atoms with Gasteiger partial charge in [0.05, 0.1) is 19.2 Å². The van der Waals surface area contributed by atoms with E-state index in [1.54, 1.807) is 0 Å². The lowest BCUT2D eigenvalue weighted by atomic mass is 10.2. The van der Waals surface area contributed by atoms with Gasteiger partial charge in [-0.15, -0.1) is 6.42 Å². The molecular weight excluding hydrogens is 395 g/mol. The molecule has 0 aromatic heterocycles. The molecule has 0 bridgehead atoms. The smallest absolute Gasteiger partial charge is 0.338 e. The lowest BCUT2D eigenvalue weighted by Crippen LogP contribution is -2.29. The number of hydrogen-bond acceptors (Lipinski definition) is 6. The number of anilines is 1. The third-order valence-electron chi connectivity index (χ3n) is 3.61. The van der Waals surface area contributed by atoms with Crippen LogP contribution in [0.2, 0.25) is 0 Å². The summed E-state index contributed by atoms with van der Waals surface area (Å²) in [4.78, 5) is 35.5. The van der Waals surface area contributed by atoms with Crippen molar-refractivity contribution in [2.45, 2.75) is 0 Å². The van der Waals surface area contributed by atoms with E-state index in [0.717, 1.165) is 0 Å². The summed E-state index contributed by atoms with van der Waals surface area (Å²) in [7, 11) is 1.36. The van der Waals surface area contributed by atoms with Crippen LogP contribution in [-0.4, -0.2) is 44.7 Å². The average Bonchev–Trinajstić information content (AvgIpc) is 2.76. The van der Waals surface area contributed by atoms with Crippen LogP contribution < -0.4 is 20.1 Å². The molecule has 0 atom stereocenters. The van der Waals surface area contributed by atoms with Crippen LogP contribution in [0.1, 0.15) is 10.4 Å². The van der Waals surface area contributed by atoms with Crippen molar-refractivity contribution in [1.82, 2.24) is 5.32 Å². The van der Waals surface area contributed by atoms with Gasteiger partial charge in [-0.2, -0.15) is 0 Å². The van der Waals surface area contributed by atoms with Crippen molar-refractivity contribution >= 4 is 23.5 Å². The van der Waals surface area contributed by atoms with Gasteiger partial charge in [0.15, 0.2) is 24.7 Å². The fourth-order valence-electron chi connectivity index (χ4n) is 2.20. The van der Waals surface area contributed by atoms with E-state index in [-0.39, 0.29) is 30.2 Å². The maximum atomic E-state index is 12.9. The highest BCUT2D eigenvalue weighted by Gasteiger charge is 2.15. The number of carbonyl (C=O) groups excluding carboxylic acids is 3. The quantitative estimate of drug-likeness (QED) is 0.479. The van der Waals surface area contributed by atoms with E-state index in [0.29, 0.717) is 5.69 Å². The Kier molecular flexibility index (Phi) is 8.20. The minimum atomic E-state index is -0.746. The lowest BCUT2D eigenvalue weighted by molar-refractivity contribution is -0.124. The molecule has 0 saturated heterocycles. The second-order valence-electron chi connectivity index (χ2n) is 5.77. The van der Waals surface area contributed by atoms with Crippen molar-refractivity contribution in [3.05, 3.63) is 53.8 Å². The number of carbonyl (C=O) groups is 3. The van der Waals surface area contributed by atoms with Gasteiger partial charge in [0, 0.05) is 5.69 Å². The zero-order valence-electron chi connectivity index (χ0n) is 16.1. The molecule has 0 saturated carbocycles. The molecule has 8 nitrogen and oxygen atoms in total. The summed E-state index contributed by atoms with van der Waals surface area (Å²) in [5.74, 6) is 0.480. The highest BCUT2D eigenvalue weighted by molar-refractivity contribution is 5.93. The maximum Gasteiger partial charge on any atom is 0.338 e. The number of amides is 2. The number of esters is 1. The molecule has 156 valence electrons. The van der Waals surface area contributed by atoms with Crippen LogP contribution in [0.5, 0.6) is 11.5 Å². The second kappa shape index (κ2) is 11.1. The number of rotatable bonds is 9. The van der Waals surface area contributed by atoms with E-state index >= 15 is 0 Å². The van der Waals surface area contributed by atoms with E-state index in [4.69, 9.17) is 20.6 Å². The van der Waals surface area contributed by atoms with E-state index < -0.39 is 30.2 Å². The molecule has 0 aliphatic heterocycles. The summed E-state index contributed by atoms with van der Waals surface area (Å²) in [6.07, 6.45) is 5.02. The Morgan fingerprint density at radius 1 is 1.03 bits per heavy atom. The lowest BCUT2D eigenvalue weighted by Gasteiger charge is -2.12. The largest absolute Gasteiger partial charge is 0.493 e. The van der Waals surface area contributed by atoms with Crippen LogP contribution in [-0.2, 0) is 14.3 Å². The Hall–Kier alpha value is -4.06. The zero-order chi connectivity index (χ0) is 21.9. The summed E-state index contributed by atoms with van der Waals surface area (Å²) in [6.45, 7) is -0.789. The Labute approximate surface area is 172 Å². The predicted molar refractivity (Wildman–Crippen MR) is 106 cm³/mol. The van der Waals surface area contributed by atoms with Gasteiger partial charge in [-0.3, -0.25) is 9.59 Å². The molecule has 2 rings (SSSR count). The summed E-state index contributed by atoms with van der Waals surface area (Å²) >= 11 is 0. The molecule has 0 spiro atoms. The predicted octanol–water partition coefficient (Wildman–Crippen LogP) is 1.76. The Bertz CT molecular complexity index is 953. The number of nitrogens with one attached hydrogen (secondary N) is 2. The van der Waals surface area contributed by atoms with Crippen molar-refractivity contribution < 1.29 is 33.0 Å². The Balaban J connectivity index is 1.92. The molecule has 2 aromatic carbocycles. The fraction of sp³-hybridized carbons (Fsp3) is 0.190. The third kappa shape index (κ3) is 6.83. The number of terminal acetylenes is 1. The number of benzene rings is 2. The number of halogens is 1. The van der Waals surface area contributed by atoms with Gasteiger partial charge >= 0.3 is 5.97 Å². The third-order valence-corrected chi connectivity index (χ3v) is 3.61. The highest BCUT2D eigenvalue weighted by Crippen LogP contribution is 2.28. The van der Waals surface area contributed by atoms with Crippen molar-refractivity contribution in [1.29, 1.82) is 0 Å². The van der Waals surface area contributed by atoms with Gasteiger partial charge in [-0.1, -0.05) is 5.92 Å². The standard InChI is InChI=1S/C21H19FN2O6/c1-3-10-23-19(25)12-30-21(27)14-4-9-17(18(11-14)28-2)29-13-20(26)24-16-7-5-15(22)6-8-16/h1,4-9,11H,10,12-13H2,2H3,(H,23,25)(H,24,26). The topological polar surface area (TPSA) is 103 Å². The average molecular weight is 414 g/mol. The first-order valence-corrected chi connectivity index (χ1v) is 8.66. The molecule has 0 radical (unpaired) electrons. The van der Waals surface area contributed by atoms with Gasteiger partial charge in [-0.05, 0) is 42.5 Å². The molecule has 2 aromatic rings. The summed E-state index contributed by atoms with van der Waals surface area (Å²) in [5.41, 5.74) is 0.543. The van der Waals surface area contributed by atoms with Gasteiger partial charge in [0.1, 0.15) is 5.82 Å². The molecule has 0 fully saturated rings. The normalized spacial score (nSPS) is 9.77. The van der Waals surface area contributed by atoms with Gasteiger partial charge < -0.3 is 24.8 Å². The van der Waals surface area contributed by atoms with Crippen molar-refractivity contribution in [3.8, 4) is 23.8 Å². The van der Waals surface area contributed by atoms with Crippen LogP contribution in [0.4, 0.5) is 10.1 Å². The first kappa shape index (κ1) is 22.2. The summed E-state index contributed by atoms with van der Waals surface area (Å²) in [6, 6.07) is 9.46. The van der Waals surface area contributed by atoms with Crippen LogP contribution in [0.15, 0.2) is 42.5 Å². The van der Waals surface area contributed by atoms with Crippen LogP contribution in [0.3, 0.4) is 0 Å². The molecule has 2 N–H and O–H groups in total. The van der Waals surface area contributed by atoms with Gasteiger partial charge in [0.25, 0.3) is 11.8 Å². The first-order valence-electron chi connectivity index (χ1n) is 8.66. The number of methoxy groups -OCH3 is 1. The minimum absolute atomic E-state index is 0.0327. The summed E-state index contributed by atoms with van der Waals surface area (Å²) < 4.78 is 28.4. The van der Waals surface area contributed by atoms with E-state index in [1.165, 1.54) is 49.6 Å². The van der Waals surface area contributed by atoms with Crippen LogP contribution in [0, 0.1) is 18.2 Å². The molecule has 0 aliphatic carbocycles. The molecule has 0 aliphatic rings. The highest BCUT2D eigenvalue weighted by atomic mass is 19.1. The molecule has 9 heteroatoms. The van der Waals surface area contributed by atoms with Crippen molar-refractivity contribution in [3.63, 3.8) is 0 Å². The maximum absolute atomic E-state index is 12.9. The van der Waals surface area contributed by atoms with Crippen LogP contribution in [0.25, 0.3) is 0 Å². The second-order valence-corrected chi connectivity index (χ2v) is 5.77. The number of ether oxygens (including phenoxy) is 3. The summed E-state index contributed by atoms with van der Waals surface area (Å²) in [5, 5.41) is 4.92. The Morgan fingerprint density at radius 2 is 1.77 bits per heavy atom. The Morgan fingerprint density at radius 3 is 2.43 bits per heavy atom. The zero-order valence-corrected chi connectivity index (χ0v) is 16.1. The molecule has 2 amide bonds.